The second kappa shape index (κ2) is 9.77. The zero-order chi connectivity index (χ0) is 27.4. The highest BCUT2D eigenvalue weighted by Crippen LogP contribution is 2.40. The van der Waals surface area contributed by atoms with E-state index in [9.17, 15) is 9.59 Å². The molecule has 10 nitrogen and oxygen atoms in total. The van der Waals surface area contributed by atoms with Gasteiger partial charge in [-0.1, -0.05) is 17.7 Å². The van der Waals surface area contributed by atoms with Gasteiger partial charge in [-0.2, -0.15) is 0 Å². The molecule has 4 heterocycles. The molecule has 1 N–H and O–H groups in total. The lowest BCUT2D eigenvalue weighted by molar-refractivity contribution is -0.120. The summed E-state index contributed by atoms with van der Waals surface area (Å²) >= 11 is 0. The summed E-state index contributed by atoms with van der Waals surface area (Å²) in [5.74, 6) is 0.637. The molecular weight excluding hydrogens is 494 g/mol. The van der Waals surface area contributed by atoms with Gasteiger partial charge in [0, 0.05) is 37.8 Å². The average Bonchev–Trinajstić information content (AvgIpc) is 3.33. The predicted molar refractivity (Wildman–Crippen MR) is 149 cm³/mol. The molecule has 0 radical (unpaired) electrons. The Hall–Kier alpha value is -3.76. The van der Waals surface area contributed by atoms with Crippen LogP contribution < -0.4 is 15.1 Å². The number of aryl methyl sites for hydroxylation is 1. The normalized spacial score (nSPS) is 23.6. The third-order valence-corrected chi connectivity index (χ3v) is 7.91. The Bertz CT molecular complexity index is 1400. The van der Waals surface area contributed by atoms with Gasteiger partial charge in [0.2, 0.25) is 11.7 Å². The zero-order valence-corrected chi connectivity index (χ0v) is 23.1. The summed E-state index contributed by atoms with van der Waals surface area (Å²) in [4.78, 5) is 37.2. The topological polar surface area (TPSA) is 95.8 Å². The molecule has 0 saturated carbocycles. The molecular formula is C29H35N7O3. The highest BCUT2D eigenvalue weighted by atomic mass is 16.5. The van der Waals surface area contributed by atoms with Crippen LogP contribution in [0.5, 0.6) is 0 Å². The second-order valence-electron chi connectivity index (χ2n) is 11.1. The molecule has 10 heteroatoms. The summed E-state index contributed by atoms with van der Waals surface area (Å²) in [6.45, 7) is 10.5. The number of nitrogens with one attached hydrogen (secondary N) is 1. The number of fused-ring (bicyclic) bond motifs is 1. The first-order valence-electron chi connectivity index (χ1n) is 13.6. The van der Waals surface area contributed by atoms with E-state index in [0.717, 1.165) is 28.2 Å². The monoisotopic (exact) mass is 529 g/mol. The summed E-state index contributed by atoms with van der Waals surface area (Å²) in [5, 5.41) is 8.21. The van der Waals surface area contributed by atoms with Crippen molar-refractivity contribution < 1.29 is 14.3 Å². The molecule has 0 spiro atoms. The van der Waals surface area contributed by atoms with E-state index < -0.39 is 0 Å². The Morgan fingerprint density at radius 1 is 1.00 bits per heavy atom. The lowest BCUT2D eigenvalue weighted by Gasteiger charge is -2.47. The maximum absolute atomic E-state index is 13.6. The average molecular weight is 530 g/mol. The van der Waals surface area contributed by atoms with E-state index in [1.54, 1.807) is 9.58 Å². The highest BCUT2D eigenvalue weighted by Gasteiger charge is 2.40. The summed E-state index contributed by atoms with van der Waals surface area (Å²) in [5.41, 5.74) is 4.58. The van der Waals surface area contributed by atoms with Gasteiger partial charge in [-0.15, -0.1) is 5.10 Å². The molecule has 39 heavy (non-hydrogen) atoms. The second-order valence-corrected chi connectivity index (χ2v) is 11.1. The Morgan fingerprint density at radius 2 is 1.69 bits per heavy atom. The van der Waals surface area contributed by atoms with Crippen LogP contribution >= 0.6 is 0 Å². The molecule has 2 aromatic carbocycles. The van der Waals surface area contributed by atoms with Gasteiger partial charge in [0.15, 0.2) is 5.82 Å². The summed E-state index contributed by atoms with van der Waals surface area (Å²) in [7, 11) is 1.81. The van der Waals surface area contributed by atoms with Gasteiger partial charge in [-0.3, -0.25) is 9.59 Å². The number of aromatic nitrogens is 3. The van der Waals surface area contributed by atoms with Crippen LogP contribution in [0.1, 0.15) is 37.0 Å². The fourth-order valence-electron chi connectivity index (χ4n) is 5.87. The number of benzene rings is 2. The molecule has 204 valence electrons. The first-order chi connectivity index (χ1) is 18.7. The van der Waals surface area contributed by atoms with Gasteiger partial charge in [-0.05, 0) is 58.0 Å². The van der Waals surface area contributed by atoms with Crippen molar-refractivity contribution in [2.24, 2.45) is 0 Å². The van der Waals surface area contributed by atoms with Crippen molar-refractivity contribution in [2.45, 2.75) is 51.9 Å². The van der Waals surface area contributed by atoms with Crippen LogP contribution in [0.4, 0.5) is 11.4 Å². The van der Waals surface area contributed by atoms with Crippen LogP contribution in [0.3, 0.4) is 0 Å². The summed E-state index contributed by atoms with van der Waals surface area (Å²) < 4.78 is 7.23. The van der Waals surface area contributed by atoms with Gasteiger partial charge in [0.1, 0.15) is 6.04 Å². The number of anilines is 2. The van der Waals surface area contributed by atoms with Gasteiger partial charge >= 0.3 is 0 Å². The lowest BCUT2D eigenvalue weighted by Crippen LogP contribution is -2.60. The van der Waals surface area contributed by atoms with Crippen molar-refractivity contribution in [1.29, 1.82) is 0 Å². The smallest absolute Gasteiger partial charge is 0.293 e. The third kappa shape index (κ3) is 4.47. The quantitative estimate of drug-likeness (QED) is 0.555. The molecule has 6 rings (SSSR count). The van der Waals surface area contributed by atoms with Crippen LogP contribution in [-0.2, 0) is 9.53 Å². The minimum atomic E-state index is -0.310. The molecule has 3 aliphatic heterocycles. The molecule has 1 unspecified atom stereocenters. The maximum atomic E-state index is 13.6. The van der Waals surface area contributed by atoms with Crippen LogP contribution in [0.25, 0.3) is 17.1 Å². The number of rotatable bonds is 4. The zero-order valence-electron chi connectivity index (χ0n) is 23.1. The van der Waals surface area contributed by atoms with E-state index in [0.29, 0.717) is 32.1 Å². The SMILES string of the molecule is Cc1ccc(-n2nc(C(=O)N3C[C@@H](C)N[C@@H](C)C3)nc2-c2ccc3c(c2)N(C2COC2)C(C)C(=O)N3C)cc1. The maximum Gasteiger partial charge on any atom is 0.293 e. The predicted octanol–water partition coefficient (Wildman–Crippen LogP) is 2.64. The number of hydrogen-bond acceptors (Lipinski definition) is 7. The van der Waals surface area contributed by atoms with Gasteiger partial charge in [-0.25, -0.2) is 9.67 Å². The van der Waals surface area contributed by atoms with E-state index in [-0.39, 0.29) is 41.8 Å². The van der Waals surface area contributed by atoms with Crippen LogP contribution in [0, 0.1) is 6.92 Å². The molecule has 0 aliphatic carbocycles. The largest absolute Gasteiger partial charge is 0.377 e. The molecule has 1 aromatic heterocycles. The van der Waals surface area contributed by atoms with E-state index in [2.05, 4.69) is 30.1 Å². The van der Waals surface area contributed by atoms with Crippen molar-refractivity contribution in [3.05, 3.63) is 53.9 Å². The van der Waals surface area contributed by atoms with Gasteiger partial charge in [0.05, 0.1) is 36.3 Å². The number of nitrogens with zero attached hydrogens (tertiary/aromatic N) is 6. The molecule has 2 fully saturated rings. The van der Waals surface area contributed by atoms with Crippen molar-refractivity contribution in [1.82, 2.24) is 25.0 Å². The molecule has 0 bridgehead atoms. The number of carbonyl (C=O) groups excluding carboxylic acids is 2. The third-order valence-electron chi connectivity index (χ3n) is 7.91. The summed E-state index contributed by atoms with van der Waals surface area (Å²) in [6, 6.07) is 14.2. The van der Waals surface area contributed by atoms with E-state index in [1.807, 2.05) is 62.2 Å². The van der Waals surface area contributed by atoms with Crippen molar-refractivity contribution in [2.75, 3.05) is 43.2 Å². The summed E-state index contributed by atoms with van der Waals surface area (Å²) in [6.07, 6.45) is 0. The van der Waals surface area contributed by atoms with Gasteiger partial charge < -0.3 is 24.8 Å². The molecule has 3 aliphatic rings. The van der Waals surface area contributed by atoms with E-state index in [1.165, 1.54) is 0 Å². The number of carbonyl (C=O) groups is 2. The Kier molecular flexibility index (Phi) is 6.39. The molecule has 2 amide bonds. The van der Waals surface area contributed by atoms with Gasteiger partial charge in [0.25, 0.3) is 5.91 Å². The van der Waals surface area contributed by atoms with E-state index in [4.69, 9.17) is 14.8 Å². The molecule has 2 saturated heterocycles. The Labute approximate surface area is 228 Å². The first kappa shape index (κ1) is 25.5. The number of piperazine rings is 1. The minimum absolute atomic E-state index is 0.0531. The van der Waals surface area contributed by atoms with Crippen molar-refractivity contribution in [3.8, 4) is 17.1 Å². The lowest BCUT2D eigenvalue weighted by atomic mass is 10.0. The highest BCUT2D eigenvalue weighted by molar-refractivity contribution is 6.05. The fourth-order valence-corrected chi connectivity index (χ4v) is 5.87. The Morgan fingerprint density at radius 3 is 2.33 bits per heavy atom. The Balaban J connectivity index is 1.45. The minimum Gasteiger partial charge on any atom is -0.377 e. The van der Waals surface area contributed by atoms with Crippen LogP contribution in [-0.4, -0.2) is 89.0 Å². The van der Waals surface area contributed by atoms with E-state index >= 15 is 0 Å². The first-order valence-corrected chi connectivity index (χ1v) is 13.6. The standard InChI is InChI=1S/C29H35N7O3/c1-17-6-9-22(10-7-17)36-27(31-26(32-36)29(38)34-13-18(2)30-19(3)14-34)21-8-11-24-25(12-21)35(23-15-39-16-23)20(4)28(37)33(24)5/h6-12,18-20,23,30H,13-16H2,1-5H3/t18-,19+,20?. The molecule has 3 aromatic rings. The number of likely N-dealkylation sites (N-methyl/N-ethyl adjacent to an activating group) is 1. The van der Waals surface area contributed by atoms with Crippen molar-refractivity contribution in [3.63, 3.8) is 0 Å². The number of hydrogen-bond donors (Lipinski definition) is 1. The van der Waals surface area contributed by atoms with Crippen molar-refractivity contribution >= 4 is 23.2 Å². The molecule has 3 atom stereocenters. The number of amides is 2. The van der Waals surface area contributed by atoms with Crippen LogP contribution in [0.15, 0.2) is 42.5 Å². The van der Waals surface area contributed by atoms with Crippen LogP contribution in [0.2, 0.25) is 0 Å². The number of ether oxygens (including phenoxy) is 1. The fraction of sp³-hybridized carbons (Fsp3) is 0.448.